The highest BCUT2D eigenvalue weighted by Gasteiger charge is 2.40. The van der Waals surface area contributed by atoms with Crippen molar-refractivity contribution in [1.82, 2.24) is 15.1 Å². The fourth-order valence-electron chi connectivity index (χ4n) is 4.08. The quantitative estimate of drug-likeness (QED) is 0.153. The Labute approximate surface area is 181 Å². The van der Waals surface area contributed by atoms with Gasteiger partial charge in [0.25, 0.3) is 0 Å². The zero-order valence-electron chi connectivity index (χ0n) is 17.8. The Balaban J connectivity index is 2.13. The van der Waals surface area contributed by atoms with Crippen LogP contribution in [-0.4, -0.2) is 88.4 Å². The number of aliphatic carboxylic acids is 1. The highest BCUT2D eigenvalue weighted by molar-refractivity contribution is 5.94. The zero-order chi connectivity index (χ0) is 23.1. The lowest BCUT2D eigenvalue weighted by Crippen LogP contribution is -2.56. The van der Waals surface area contributed by atoms with E-state index >= 15 is 0 Å². The summed E-state index contributed by atoms with van der Waals surface area (Å²) in [7, 11) is 0. The van der Waals surface area contributed by atoms with E-state index in [1.165, 1.54) is 9.80 Å². The summed E-state index contributed by atoms with van der Waals surface area (Å²) in [5, 5.41) is 12.1. The van der Waals surface area contributed by atoms with Gasteiger partial charge in [0, 0.05) is 19.6 Å². The van der Waals surface area contributed by atoms with Crippen molar-refractivity contribution >= 4 is 29.7 Å². The van der Waals surface area contributed by atoms with Crippen LogP contribution in [0.5, 0.6) is 0 Å². The van der Waals surface area contributed by atoms with Gasteiger partial charge in [0.15, 0.2) is 5.96 Å². The second-order valence-electron chi connectivity index (χ2n) is 8.02. The molecule has 0 spiro atoms. The SMILES string of the molecule is CC(N)C(=O)N1CCCC1C(=O)NC(CCCN=C(N)N)C(=O)N1CCCC1C(=O)O. The van der Waals surface area contributed by atoms with E-state index in [9.17, 15) is 24.3 Å². The topological polar surface area (TPSA) is 197 Å². The van der Waals surface area contributed by atoms with Gasteiger partial charge in [0.1, 0.15) is 18.1 Å². The number of carboxylic acids is 1. The number of hydrogen-bond acceptors (Lipinski definition) is 6. The maximum absolute atomic E-state index is 13.1. The monoisotopic (exact) mass is 439 g/mol. The van der Waals surface area contributed by atoms with Crippen molar-refractivity contribution in [2.24, 2.45) is 22.2 Å². The Bertz CT molecular complexity index is 722. The van der Waals surface area contributed by atoms with Crippen LogP contribution in [0.1, 0.15) is 45.4 Å². The molecule has 12 heteroatoms. The van der Waals surface area contributed by atoms with Gasteiger partial charge in [0.2, 0.25) is 17.7 Å². The molecule has 0 aromatic heterocycles. The molecule has 8 N–H and O–H groups in total. The third kappa shape index (κ3) is 6.29. The van der Waals surface area contributed by atoms with Gasteiger partial charge in [-0.25, -0.2) is 4.79 Å². The highest BCUT2D eigenvalue weighted by Crippen LogP contribution is 2.21. The standard InChI is InChI=1S/C19H33N7O5/c1-11(20)16(28)25-9-3-6-13(25)15(27)24-12(5-2-8-23-19(21)22)17(29)26-10-4-7-14(26)18(30)31/h11-14H,2-10,20H2,1H3,(H,24,27)(H,30,31)(H4,21,22,23). The van der Waals surface area contributed by atoms with Gasteiger partial charge in [-0.1, -0.05) is 0 Å². The first kappa shape index (κ1) is 24.4. The smallest absolute Gasteiger partial charge is 0.326 e. The van der Waals surface area contributed by atoms with Gasteiger partial charge < -0.3 is 37.4 Å². The molecular formula is C19H33N7O5. The molecule has 31 heavy (non-hydrogen) atoms. The molecule has 0 saturated carbocycles. The van der Waals surface area contributed by atoms with Gasteiger partial charge >= 0.3 is 5.97 Å². The van der Waals surface area contributed by atoms with E-state index in [0.717, 1.165) is 0 Å². The largest absolute Gasteiger partial charge is 0.480 e. The summed E-state index contributed by atoms with van der Waals surface area (Å²) in [6.45, 7) is 2.57. The van der Waals surface area contributed by atoms with E-state index in [-0.39, 0.29) is 24.8 Å². The minimum Gasteiger partial charge on any atom is -0.480 e. The predicted octanol–water partition coefficient (Wildman–Crippen LogP) is -2.06. The Morgan fingerprint density at radius 1 is 1.06 bits per heavy atom. The first-order valence-corrected chi connectivity index (χ1v) is 10.6. The Hall–Kier alpha value is -2.89. The summed E-state index contributed by atoms with van der Waals surface area (Å²) >= 11 is 0. The fraction of sp³-hybridized carbons (Fsp3) is 0.737. The molecule has 2 aliphatic heterocycles. The normalized spacial score (nSPS) is 22.6. The van der Waals surface area contributed by atoms with Crippen LogP contribution < -0.4 is 22.5 Å². The van der Waals surface area contributed by atoms with E-state index in [2.05, 4.69) is 10.3 Å². The van der Waals surface area contributed by atoms with E-state index in [4.69, 9.17) is 17.2 Å². The van der Waals surface area contributed by atoms with Crippen LogP contribution in [0.3, 0.4) is 0 Å². The molecule has 3 amide bonds. The van der Waals surface area contributed by atoms with Gasteiger partial charge in [-0.2, -0.15) is 0 Å². The summed E-state index contributed by atoms with van der Waals surface area (Å²) in [5.74, 6) is -2.36. The van der Waals surface area contributed by atoms with Crippen LogP contribution in [0.15, 0.2) is 4.99 Å². The molecule has 2 rings (SSSR count). The molecule has 4 unspecified atom stereocenters. The molecule has 0 aliphatic carbocycles. The minimum atomic E-state index is -1.07. The van der Waals surface area contributed by atoms with Gasteiger partial charge in [0.05, 0.1) is 6.04 Å². The third-order valence-electron chi connectivity index (χ3n) is 5.61. The fourth-order valence-corrected chi connectivity index (χ4v) is 4.08. The molecule has 2 fully saturated rings. The average Bonchev–Trinajstić information content (AvgIpc) is 3.38. The highest BCUT2D eigenvalue weighted by atomic mass is 16.4. The van der Waals surface area contributed by atoms with Crippen LogP contribution >= 0.6 is 0 Å². The second kappa shape index (κ2) is 10.9. The summed E-state index contributed by atoms with van der Waals surface area (Å²) < 4.78 is 0. The number of nitrogens with zero attached hydrogens (tertiary/aromatic N) is 3. The summed E-state index contributed by atoms with van der Waals surface area (Å²) in [6, 6.07) is -3.28. The van der Waals surface area contributed by atoms with Crippen molar-refractivity contribution in [3.05, 3.63) is 0 Å². The summed E-state index contributed by atoms with van der Waals surface area (Å²) in [4.78, 5) is 56.5. The Morgan fingerprint density at radius 2 is 1.65 bits per heavy atom. The average molecular weight is 440 g/mol. The molecule has 0 radical (unpaired) electrons. The molecule has 2 aliphatic rings. The number of carbonyl (C=O) groups is 4. The molecule has 12 nitrogen and oxygen atoms in total. The predicted molar refractivity (Wildman–Crippen MR) is 113 cm³/mol. The van der Waals surface area contributed by atoms with E-state index < -0.39 is 42.0 Å². The first-order valence-electron chi connectivity index (χ1n) is 10.6. The first-order chi connectivity index (χ1) is 14.6. The number of likely N-dealkylation sites (tertiary alicyclic amines) is 2. The lowest BCUT2D eigenvalue weighted by molar-refractivity contribution is -0.149. The summed E-state index contributed by atoms with van der Waals surface area (Å²) in [5.41, 5.74) is 16.3. The van der Waals surface area contributed by atoms with Crippen molar-refractivity contribution in [1.29, 1.82) is 0 Å². The van der Waals surface area contributed by atoms with E-state index in [1.807, 2.05) is 0 Å². The summed E-state index contributed by atoms with van der Waals surface area (Å²) in [6.07, 6.45) is 2.73. The lowest BCUT2D eigenvalue weighted by Gasteiger charge is -2.30. The van der Waals surface area contributed by atoms with Gasteiger partial charge in [-0.15, -0.1) is 0 Å². The number of guanidine groups is 1. The maximum Gasteiger partial charge on any atom is 0.326 e. The number of amides is 3. The molecule has 2 saturated heterocycles. The molecule has 4 atom stereocenters. The molecule has 174 valence electrons. The number of aliphatic imine (C=N–C) groups is 1. The lowest BCUT2D eigenvalue weighted by atomic mass is 10.1. The zero-order valence-corrected chi connectivity index (χ0v) is 17.8. The Kier molecular flexibility index (Phi) is 8.60. The third-order valence-corrected chi connectivity index (χ3v) is 5.61. The second-order valence-corrected chi connectivity index (χ2v) is 8.02. The molecular weight excluding hydrogens is 406 g/mol. The molecule has 0 aromatic rings. The van der Waals surface area contributed by atoms with Crippen LogP contribution in [0.4, 0.5) is 0 Å². The van der Waals surface area contributed by atoms with Crippen LogP contribution in [0.2, 0.25) is 0 Å². The number of nitrogens with two attached hydrogens (primary N) is 3. The number of carbonyl (C=O) groups excluding carboxylic acids is 3. The van der Waals surface area contributed by atoms with Gasteiger partial charge in [-0.3, -0.25) is 19.4 Å². The maximum atomic E-state index is 13.1. The number of carboxylic acid groups (broad SMARTS) is 1. The van der Waals surface area contributed by atoms with Crippen molar-refractivity contribution in [3.63, 3.8) is 0 Å². The van der Waals surface area contributed by atoms with Crippen LogP contribution in [0.25, 0.3) is 0 Å². The number of nitrogens with one attached hydrogen (secondary N) is 1. The van der Waals surface area contributed by atoms with Crippen molar-refractivity contribution in [3.8, 4) is 0 Å². The minimum absolute atomic E-state index is 0.0755. The van der Waals surface area contributed by atoms with Crippen molar-refractivity contribution in [2.75, 3.05) is 19.6 Å². The van der Waals surface area contributed by atoms with Crippen LogP contribution in [0, 0.1) is 0 Å². The molecule has 0 aromatic carbocycles. The Morgan fingerprint density at radius 3 is 2.19 bits per heavy atom. The van der Waals surface area contributed by atoms with Crippen molar-refractivity contribution in [2.45, 2.75) is 69.6 Å². The number of hydrogen-bond donors (Lipinski definition) is 5. The molecule has 0 bridgehead atoms. The van der Waals surface area contributed by atoms with Crippen LogP contribution in [-0.2, 0) is 19.2 Å². The van der Waals surface area contributed by atoms with E-state index in [1.54, 1.807) is 6.92 Å². The van der Waals surface area contributed by atoms with E-state index in [0.29, 0.717) is 45.2 Å². The number of rotatable bonds is 9. The molecule has 2 heterocycles. The van der Waals surface area contributed by atoms with Crippen molar-refractivity contribution < 1.29 is 24.3 Å². The van der Waals surface area contributed by atoms with Gasteiger partial charge in [-0.05, 0) is 45.4 Å².